The molecule has 7 rings (SSSR count). The Balaban J connectivity index is 1.27. The fourth-order valence-corrected chi connectivity index (χ4v) is 4.96. The van der Waals surface area contributed by atoms with Crippen molar-refractivity contribution in [1.82, 2.24) is 0 Å². The van der Waals surface area contributed by atoms with E-state index in [1.807, 2.05) is 146 Å². The van der Waals surface area contributed by atoms with Gasteiger partial charge in [0.2, 0.25) is 0 Å². The summed E-state index contributed by atoms with van der Waals surface area (Å²) < 4.78 is 12.1. The van der Waals surface area contributed by atoms with Crippen molar-refractivity contribution in [3.8, 4) is 23.0 Å². The predicted octanol–water partition coefficient (Wildman–Crippen LogP) is 9.92. The first-order valence-corrected chi connectivity index (χ1v) is 13.8. The Labute approximate surface area is 244 Å². The molecule has 0 radical (unpaired) electrons. The quantitative estimate of drug-likeness (QED) is 0.210. The Bertz CT molecular complexity index is 1750. The Kier molecular flexibility index (Phi) is 6.85. The van der Waals surface area contributed by atoms with Crippen molar-refractivity contribution in [2.45, 2.75) is 0 Å². The highest BCUT2D eigenvalue weighted by atomic mass is 16.5. The highest BCUT2D eigenvalue weighted by molar-refractivity contribution is 6.22. The highest BCUT2D eigenvalue weighted by Crippen LogP contribution is 2.34. The van der Waals surface area contributed by atoms with Crippen LogP contribution in [-0.2, 0) is 0 Å². The summed E-state index contributed by atoms with van der Waals surface area (Å²) in [5.41, 5.74) is 7.33. The second kappa shape index (κ2) is 11.4. The Morgan fingerprint density at radius 1 is 0.310 bits per heavy atom. The molecular formula is C38H26N2O2. The molecule has 0 aliphatic carbocycles. The zero-order valence-corrected chi connectivity index (χ0v) is 22.7. The number of para-hydroxylation sites is 4. The van der Waals surface area contributed by atoms with Gasteiger partial charge in [0, 0.05) is 22.3 Å². The van der Waals surface area contributed by atoms with Gasteiger partial charge in [-0.05, 0) is 84.9 Å². The fourth-order valence-electron chi connectivity index (χ4n) is 4.96. The van der Waals surface area contributed by atoms with E-state index in [-0.39, 0.29) is 0 Å². The van der Waals surface area contributed by atoms with E-state index in [4.69, 9.17) is 19.5 Å². The topological polar surface area (TPSA) is 43.2 Å². The van der Waals surface area contributed by atoms with Crippen LogP contribution < -0.4 is 9.47 Å². The van der Waals surface area contributed by atoms with E-state index in [2.05, 4.69) is 12.1 Å². The normalized spacial score (nSPS) is 12.1. The summed E-state index contributed by atoms with van der Waals surface area (Å²) in [6.07, 6.45) is 0. The molecule has 6 aromatic rings. The lowest BCUT2D eigenvalue weighted by atomic mass is 9.96. The summed E-state index contributed by atoms with van der Waals surface area (Å²) in [7, 11) is 0. The number of ether oxygens (including phenoxy) is 2. The van der Waals surface area contributed by atoms with Crippen LogP contribution in [0.1, 0.15) is 22.3 Å². The van der Waals surface area contributed by atoms with Gasteiger partial charge in [-0.2, -0.15) is 0 Å². The molecule has 0 saturated carbocycles. The minimum atomic E-state index is 0.769. The maximum Gasteiger partial charge on any atom is 0.127 e. The van der Waals surface area contributed by atoms with E-state index >= 15 is 0 Å². The maximum absolute atomic E-state index is 6.03. The van der Waals surface area contributed by atoms with Crippen molar-refractivity contribution in [2.75, 3.05) is 0 Å². The molecule has 1 aliphatic heterocycles. The third-order valence-electron chi connectivity index (χ3n) is 7.00. The number of fused-ring (bicyclic) bond motifs is 2. The van der Waals surface area contributed by atoms with E-state index in [0.717, 1.165) is 68.0 Å². The van der Waals surface area contributed by atoms with Crippen LogP contribution in [0, 0.1) is 0 Å². The average Bonchev–Trinajstić information content (AvgIpc) is 3.04. The summed E-state index contributed by atoms with van der Waals surface area (Å²) in [5.74, 6) is 3.14. The Morgan fingerprint density at radius 3 is 1.05 bits per heavy atom. The molecule has 4 nitrogen and oxygen atoms in total. The predicted molar refractivity (Wildman–Crippen MR) is 169 cm³/mol. The Morgan fingerprint density at radius 2 is 0.643 bits per heavy atom. The average molecular weight is 543 g/mol. The molecule has 42 heavy (non-hydrogen) atoms. The zero-order valence-electron chi connectivity index (χ0n) is 22.7. The largest absolute Gasteiger partial charge is 0.457 e. The van der Waals surface area contributed by atoms with E-state index in [0.29, 0.717) is 0 Å². The lowest BCUT2D eigenvalue weighted by Gasteiger charge is -2.18. The molecule has 4 heteroatoms. The van der Waals surface area contributed by atoms with Crippen LogP contribution in [0.25, 0.3) is 0 Å². The van der Waals surface area contributed by atoms with Crippen molar-refractivity contribution in [3.63, 3.8) is 0 Å². The SMILES string of the molecule is c1ccc(Oc2ccc(C3=Nc4ccccc4C(c4ccc(Oc5ccccc5)cc4)=Nc4ccccc43)cc2)cc1. The third-order valence-corrected chi connectivity index (χ3v) is 7.00. The van der Waals surface area contributed by atoms with Gasteiger partial charge >= 0.3 is 0 Å². The van der Waals surface area contributed by atoms with Gasteiger partial charge in [-0.3, -0.25) is 0 Å². The van der Waals surface area contributed by atoms with E-state index in [9.17, 15) is 0 Å². The minimum Gasteiger partial charge on any atom is -0.457 e. The smallest absolute Gasteiger partial charge is 0.127 e. The van der Waals surface area contributed by atoms with Crippen molar-refractivity contribution < 1.29 is 9.47 Å². The Hall–Kier alpha value is -5.74. The van der Waals surface area contributed by atoms with Crippen LogP contribution in [0.2, 0.25) is 0 Å². The first-order chi connectivity index (χ1) is 20.8. The highest BCUT2D eigenvalue weighted by Gasteiger charge is 2.20. The number of aliphatic imine (C=N–C) groups is 2. The van der Waals surface area contributed by atoms with Crippen LogP contribution >= 0.6 is 0 Å². The van der Waals surface area contributed by atoms with Crippen LogP contribution in [0.5, 0.6) is 23.0 Å². The van der Waals surface area contributed by atoms with Gasteiger partial charge in [0.05, 0.1) is 22.8 Å². The van der Waals surface area contributed by atoms with Gasteiger partial charge in [-0.25, -0.2) is 9.98 Å². The molecule has 0 bridgehead atoms. The van der Waals surface area contributed by atoms with Crippen LogP contribution in [0.4, 0.5) is 11.4 Å². The molecule has 0 amide bonds. The van der Waals surface area contributed by atoms with Gasteiger partial charge in [0.1, 0.15) is 23.0 Å². The lowest BCUT2D eigenvalue weighted by molar-refractivity contribution is 0.482. The molecule has 0 N–H and O–H groups in total. The molecule has 0 fully saturated rings. The van der Waals surface area contributed by atoms with Crippen molar-refractivity contribution >= 4 is 22.8 Å². The van der Waals surface area contributed by atoms with Gasteiger partial charge in [-0.1, -0.05) is 72.8 Å². The summed E-state index contributed by atoms with van der Waals surface area (Å²) in [5, 5.41) is 0. The van der Waals surface area contributed by atoms with Gasteiger partial charge in [0.15, 0.2) is 0 Å². The molecule has 0 saturated heterocycles. The molecule has 0 atom stereocenters. The zero-order chi connectivity index (χ0) is 28.1. The lowest BCUT2D eigenvalue weighted by Crippen LogP contribution is -2.10. The maximum atomic E-state index is 6.03. The van der Waals surface area contributed by atoms with E-state index in [1.165, 1.54) is 0 Å². The summed E-state index contributed by atoms with van der Waals surface area (Å²) in [6, 6.07) is 52.0. The summed E-state index contributed by atoms with van der Waals surface area (Å²) in [6.45, 7) is 0. The van der Waals surface area contributed by atoms with Gasteiger partial charge in [0.25, 0.3) is 0 Å². The number of benzene rings is 6. The second-order valence-corrected chi connectivity index (χ2v) is 9.83. The molecule has 6 aromatic carbocycles. The van der Waals surface area contributed by atoms with Crippen LogP contribution in [0.15, 0.2) is 168 Å². The van der Waals surface area contributed by atoms with Crippen LogP contribution in [0.3, 0.4) is 0 Å². The van der Waals surface area contributed by atoms with E-state index < -0.39 is 0 Å². The number of hydrogen-bond acceptors (Lipinski definition) is 4. The van der Waals surface area contributed by atoms with E-state index in [1.54, 1.807) is 0 Å². The molecule has 200 valence electrons. The second-order valence-electron chi connectivity index (χ2n) is 9.83. The molecular weight excluding hydrogens is 516 g/mol. The third kappa shape index (κ3) is 5.34. The van der Waals surface area contributed by atoms with Gasteiger partial charge in [-0.15, -0.1) is 0 Å². The number of nitrogens with zero attached hydrogens (tertiary/aromatic N) is 2. The minimum absolute atomic E-state index is 0.769. The first kappa shape index (κ1) is 25.2. The number of hydrogen-bond donors (Lipinski definition) is 0. The standard InChI is InChI=1S/C38H26N2O2/c1-3-11-29(12-4-1)41-31-23-19-27(20-24-31)37-33-15-7-9-17-35(33)40-38(34-16-8-10-18-36(34)39-37)28-21-25-32(26-22-28)42-30-13-5-2-6-14-30/h1-26H. The molecule has 1 heterocycles. The molecule has 1 aliphatic rings. The van der Waals surface area contributed by atoms with Crippen molar-refractivity contribution in [2.24, 2.45) is 9.98 Å². The fraction of sp³-hybridized carbons (Fsp3) is 0. The summed E-state index contributed by atoms with van der Waals surface area (Å²) >= 11 is 0. The molecule has 0 unspecified atom stereocenters. The van der Waals surface area contributed by atoms with Crippen molar-refractivity contribution in [3.05, 3.63) is 180 Å². The molecule has 0 spiro atoms. The number of rotatable bonds is 6. The molecule has 0 aromatic heterocycles. The monoisotopic (exact) mass is 542 g/mol. The van der Waals surface area contributed by atoms with Gasteiger partial charge < -0.3 is 9.47 Å². The summed E-state index contributed by atoms with van der Waals surface area (Å²) in [4.78, 5) is 10.5. The van der Waals surface area contributed by atoms with Crippen molar-refractivity contribution in [1.29, 1.82) is 0 Å². The first-order valence-electron chi connectivity index (χ1n) is 13.8. The van der Waals surface area contributed by atoms with Crippen LogP contribution in [-0.4, -0.2) is 11.4 Å².